The second kappa shape index (κ2) is 7.77. The fourth-order valence-corrected chi connectivity index (χ4v) is 4.13. The van der Waals surface area contributed by atoms with Gasteiger partial charge in [0, 0.05) is 25.6 Å². The van der Waals surface area contributed by atoms with Crippen LogP contribution >= 0.6 is 0 Å². The van der Waals surface area contributed by atoms with Crippen molar-refractivity contribution in [3.63, 3.8) is 0 Å². The average molecular weight is 349 g/mol. The van der Waals surface area contributed by atoms with Gasteiger partial charge < -0.3 is 5.32 Å². The Kier molecular flexibility index (Phi) is 5.97. The zero-order valence-electron chi connectivity index (χ0n) is 14.0. The van der Waals surface area contributed by atoms with E-state index in [0.29, 0.717) is 44.0 Å². The third-order valence-electron chi connectivity index (χ3n) is 4.13. The van der Waals surface area contributed by atoms with Crippen LogP contribution in [0.25, 0.3) is 0 Å². The van der Waals surface area contributed by atoms with E-state index in [9.17, 15) is 13.2 Å². The normalized spacial score (nSPS) is 16.8. The number of hydrogen-bond acceptors (Lipinski definition) is 4. The highest BCUT2D eigenvalue weighted by Crippen LogP contribution is 2.24. The Bertz CT molecular complexity index is 712. The summed E-state index contributed by atoms with van der Waals surface area (Å²) in [5.41, 5.74) is 0.425. The minimum Gasteiger partial charge on any atom is -0.356 e. The molecular weight excluding hydrogens is 326 g/mol. The van der Waals surface area contributed by atoms with Crippen molar-refractivity contribution in [2.24, 2.45) is 11.8 Å². The molecule has 1 fully saturated rings. The van der Waals surface area contributed by atoms with Gasteiger partial charge in [-0.3, -0.25) is 4.79 Å². The number of nitriles is 1. The van der Waals surface area contributed by atoms with E-state index in [1.165, 1.54) is 28.6 Å². The Balaban J connectivity index is 1.97. The van der Waals surface area contributed by atoms with Crippen molar-refractivity contribution in [3.8, 4) is 6.07 Å². The number of amides is 1. The van der Waals surface area contributed by atoms with Crippen LogP contribution in [0.1, 0.15) is 32.3 Å². The molecule has 7 heteroatoms. The highest BCUT2D eigenvalue weighted by Gasteiger charge is 2.31. The molecule has 0 unspecified atom stereocenters. The molecule has 1 N–H and O–H groups in total. The minimum atomic E-state index is -3.57. The number of nitrogens with zero attached hydrogens (tertiary/aromatic N) is 2. The summed E-state index contributed by atoms with van der Waals surface area (Å²) in [6.45, 7) is 5.38. The Hall–Kier alpha value is -1.91. The summed E-state index contributed by atoms with van der Waals surface area (Å²) in [6, 6.07) is 7.88. The van der Waals surface area contributed by atoms with Crippen molar-refractivity contribution in [1.29, 1.82) is 5.26 Å². The zero-order valence-corrected chi connectivity index (χ0v) is 14.8. The lowest BCUT2D eigenvalue weighted by Crippen LogP contribution is -2.43. The predicted molar refractivity (Wildman–Crippen MR) is 90.5 cm³/mol. The van der Waals surface area contributed by atoms with Gasteiger partial charge in [-0.05, 0) is 43.0 Å². The first kappa shape index (κ1) is 18.4. The van der Waals surface area contributed by atoms with E-state index in [1.54, 1.807) is 0 Å². The van der Waals surface area contributed by atoms with Crippen LogP contribution in [0.5, 0.6) is 0 Å². The fraction of sp³-hybridized carbons (Fsp3) is 0.529. The molecule has 0 atom stereocenters. The quantitative estimate of drug-likeness (QED) is 0.876. The van der Waals surface area contributed by atoms with Gasteiger partial charge in [-0.25, -0.2) is 8.42 Å². The molecule has 0 aliphatic carbocycles. The molecule has 1 aromatic rings. The highest BCUT2D eigenvalue weighted by atomic mass is 32.2. The Morgan fingerprint density at radius 2 is 1.88 bits per heavy atom. The molecule has 1 heterocycles. The van der Waals surface area contributed by atoms with E-state index >= 15 is 0 Å². The molecule has 1 aromatic carbocycles. The number of sulfonamides is 1. The average Bonchev–Trinajstić information content (AvgIpc) is 2.59. The van der Waals surface area contributed by atoms with Gasteiger partial charge in [-0.2, -0.15) is 9.57 Å². The fourth-order valence-electron chi connectivity index (χ4n) is 2.66. The maximum atomic E-state index is 12.6. The summed E-state index contributed by atoms with van der Waals surface area (Å²) in [5, 5.41) is 11.7. The number of benzene rings is 1. The maximum Gasteiger partial charge on any atom is 0.243 e. The lowest BCUT2D eigenvalue weighted by atomic mass is 9.97. The van der Waals surface area contributed by atoms with Crippen molar-refractivity contribution in [2.45, 2.75) is 31.6 Å². The second-order valence-corrected chi connectivity index (χ2v) is 8.39. The highest BCUT2D eigenvalue weighted by molar-refractivity contribution is 7.89. The second-order valence-electron chi connectivity index (χ2n) is 6.45. The number of hydrogen-bond donors (Lipinski definition) is 1. The summed E-state index contributed by atoms with van der Waals surface area (Å²) in [5.74, 6) is 0.279. The van der Waals surface area contributed by atoms with Crippen LogP contribution in [-0.4, -0.2) is 38.3 Å². The molecule has 1 aliphatic rings. The van der Waals surface area contributed by atoms with E-state index in [1.807, 2.05) is 19.9 Å². The molecule has 6 nitrogen and oxygen atoms in total. The molecule has 130 valence electrons. The molecule has 0 aromatic heterocycles. The van der Waals surface area contributed by atoms with Crippen LogP contribution in [0, 0.1) is 23.2 Å². The number of carbonyl (C=O) groups excluding carboxylic acids is 1. The molecule has 0 saturated carbocycles. The van der Waals surface area contributed by atoms with Crippen LogP contribution in [0.15, 0.2) is 29.2 Å². The monoisotopic (exact) mass is 349 g/mol. The number of rotatable bonds is 5. The van der Waals surface area contributed by atoms with Crippen molar-refractivity contribution in [2.75, 3.05) is 19.6 Å². The first-order chi connectivity index (χ1) is 11.3. The Morgan fingerprint density at radius 3 is 2.38 bits per heavy atom. The third kappa shape index (κ3) is 4.34. The summed E-state index contributed by atoms with van der Waals surface area (Å²) in [6.07, 6.45) is 1.05. The molecule has 1 saturated heterocycles. The molecule has 1 aliphatic heterocycles. The first-order valence-electron chi connectivity index (χ1n) is 8.12. The summed E-state index contributed by atoms with van der Waals surface area (Å²) in [4.78, 5) is 12.3. The zero-order chi connectivity index (χ0) is 17.7. The maximum absolute atomic E-state index is 12.6. The predicted octanol–water partition coefficient (Wildman–Crippen LogP) is 1.73. The van der Waals surface area contributed by atoms with Gasteiger partial charge in [0.2, 0.25) is 15.9 Å². The van der Waals surface area contributed by atoms with Gasteiger partial charge in [0.15, 0.2) is 0 Å². The van der Waals surface area contributed by atoms with Gasteiger partial charge >= 0.3 is 0 Å². The topological polar surface area (TPSA) is 90.3 Å². The van der Waals surface area contributed by atoms with Crippen LogP contribution in [-0.2, 0) is 14.8 Å². The minimum absolute atomic E-state index is 0.0131. The van der Waals surface area contributed by atoms with E-state index in [4.69, 9.17) is 5.26 Å². The van der Waals surface area contributed by atoms with Gasteiger partial charge in [-0.1, -0.05) is 13.8 Å². The van der Waals surface area contributed by atoms with Gasteiger partial charge in [0.25, 0.3) is 0 Å². The van der Waals surface area contributed by atoms with Crippen LogP contribution < -0.4 is 5.32 Å². The van der Waals surface area contributed by atoms with Gasteiger partial charge in [0.05, 0.1) is 16.5 Å². The summed E-state index contributed by atoms with van der Waals surface area (Å²) < 4.78 is 26.7. The van der Waals surface area contributed by atoms with E-state index in [0.717, 1.165) is 0 Å². The van der Waals surface area contributed by atoms with E-state index < -0.39 is 10.0 Å². The molecule has 0 radical (unpaired) electrons. The van der Waals surface area contributed by atoms with Gasteiger partial charge in [-0.15, -0.1) is 0 Å². The number of nitrogens with one attached hydrogen (secondary N) is 1. The number of carbonyl (C=O) groups is 1. The standard InChI is InChI=1S/C17H23N3O3S/c1-13(2)12-19-17(21)15-7-9-20(10-8-15)24(22,23)16-5-3-14(11-18)4-6-16/h3-6,13,15H,7-10,12H2,1-2H3,(H,19,21). The molecular formula is C17H23N3O3S. The lowest BCUT2D eigenvalue weighted by molar-refractivity contribution is -0.126. The van der Waals surface area contributed by atoms with E-state index in [-0.39, 0.29) is 16.7 Å². The molecule has 1 amide bonds. The largest absolute Gasteiger partial charge is 0.356 e. The molecule has 2 rings (SSSR count). The Labute approximate surface area is 143 Å². The van der Waals surface area contributed by atoms with Crippen LogP contribution in [0.4, 0.5) is 0 Å². The first-order valence-corrected chi connectivity index (χ1v) is 9.56. The summed E-state index contributed by atoms with van der Waals surface area (Å²) in [7, 11) is -3.57. The van der Waals surface area contributed by atoms with E-state index in [2.05, 4.69) is 5.32 Å². The van der Waals surface area contributed by atoms with Crippen molar-refractivity contribution in [1.82, 2.24) is 9.62 Å². The third-order valence-corrected chi connectivity index (χ3v) is 6.04. The van der Waals surface area contributed by atoms with Crippen molar-refractivity contribution in [3.05, 3.63) is 29.8 Å². The van der Waals surface area contributed by atoms with Crippen LogP contribution in [0.2, 0.25) is 0 Å². The summed E-state index contributed by atoms with van der Waals surface area (Å²) >= 11 is 0. The lowest BCUT2D eigenvalue weighted by Gasteiger charge is -2.30. The van der Waals surface area contributed by atoms with Gasteiger partial charge in [0.1, 0.15) is 0 Å². The number of piperidine rings is 1. The van der Waals surface area contributed by atoms with Crippen molar-refractivity contribution < 1.29 is 13.2 Å². The van der Waals surface area contributed by atoms with Crippen LogP contribution in [0.3, 0.4) is 0 Å². The smallest absolute Gasteiger partial charge is 0.243 e. The van der Waals surface area contributed by atoms with Crippen molar-refractivity contribution >= 4 is 15.9 Å². The SMILES string of the molecule is CC(C)CNC(=O)C1CCN(S(=O)(=O)c2ccc(C#N)cc2)CC1. The molecule has 0 bridgehead atoms. The molecule has 24 heavy (non-hydrogen) atoms. The Morgan fingerprint density at radius 1 is 1.29 bits per heavy atom. The molecule has 0 spiro atoms.